The second-order valence-electron chi connectivity index (χ2n) is 10.9. The molecule has 9 heteroatoms. The first-order valence-corrected chi connectivity index (χ1v) is 15.7. The molecule has 0 saturated carbocycles. The number of aliphatic hydroxyl groups excluding tert-OH is 2. The molecule has 9 nitrogen and oxygen atoms in total. The molecule has 4 aromatic rings. The molecule has 0 aliphatic heterocycles. The fraction of sp³-hybridized carbons (Fsp3) is 0.368. The summed E-state index contributed by atoms with van der Waals surface area (Å²) in [5.41, 5.74) is 3.71. The summed E-state index contributed by atoms with van der Waals surface area (Å²) in [6, 6.07) is 26.6. The van der Waals surface area contributed by atoms with Crippen LogP contribution in [-0.4, -0.2) is 65.1 Å². The molecule has 0 radical (unpaired) electrons. The SMILES string of the molecule is COc1ccc(CCC(O)c2cccc(OCCOCCOc3cccc([C@H](O)CCc4ccc(OC)c(OC)c4)c3)c2)cc1OC. The molecule has 0 spiro atoms. The highest BCUT2D eigenvalue weighted by atomic mass is 16.5. The van der Waals surface area contributed by atoms with E-state index in [1.807, 2.05) is 84.9 Å². The number of benzene rings is 4. The number of hydrogen-bond donors (Lipinski definition) is 2. The first-order valence-electron chi connectivity index (χ1n) is 15.7. The summed E-state index contributed by atoms with van der Waals surface area (Å²) in [6.45, 7) is 1.52. The van der Waals surface area contributed by atoms with Gasteiger partial charge in [-0.1, -0.05) is 36.4 Å². The van der Waals surface area contributed by atoms with Gasteiger partial charge in [-0.3, -0.25) is 0 Å². The molecule has 2 atom stereocenters. The lowest BCUT2D eigenvalue weighted by atomic mass is 10.0. The van der Waals surface area contributed by atoms with Gasteiger partial charge >= 0.3 is 0 Å². The Bertz CT molecular complexity index is 1410. The molecule has 1 unspecified atom stereocenters. The second-order valence-corrected chi connectivity index (χ2v) is 10.9. The second kappa shape index (κ2) is 18.6. The highest BCUT2D eigenvalue weighted by molar-refractivity contribution is 5.44. The molecular weight excluding hydrogens is 600 g/mol. The fourth-order valence-corrected chi connectivity index (χ4v) is 5.17. The van der Waals surface area contributed by atoms with Crippen LogP contribution in [0.25, 0.3) is 0 Å². The summed E-state index contributed by atoms with van der Waals surface area (Å²) in [6.07, 6.45) is 1.24. The lowest BCUT2D eigenvalue weighted by Crippen LogP contribution is -2.12. The molecule has 47 heavy (non-hydrogen) atoms. The van der Waals surface area contributed by atoms with Crippen LogP contribution < -0.4 is 28.4 Å². The lowest BCUT2D eigenvalue weighted by molar-refractivity contribution is 0.0762. The molecule has 0 heterocycles. The van der Waals surface area contributed by atoms with Crippen LogP contribution in [0.4, 0.5) is 0 Å². The van der Waals surface area contributed by atoms with Gasteiger partial charge in [-0.2, -0.15) is 0 Å². The molecule has 4 rings (SSSR count). The van der Waals surface area contributed by atoms with E-state index in [0.29, 0.717) is 86.6 Å². The van der Waals surface area contributed by atoms with E-state index in [0.717, 1.165) is 22.3 Å². The summed E-state index contributed by atoms with van der Waals surface area (Å²) in [4.78, 5) is 0. The fourth-order valence-electron chi connectivity index (χ4n) is 5.17. The van der Waals surface area contributed by atoms with Crippen LogP contribution in [-0.2, 0) is 17.6 Å². The summed E-state index contributed by atoms with van der Waals surface area (Å²) < 4.78 is 38.8. The number of aliphatic hydroxyl groups is 2. The minimum absolute atomic E-state index is 0.368. The van der Waals surface area contributed by atoms with E-state index in [-0.39, 0.29) is 0 Å². The number of aryl methyl sites for hydroxylation is 2. The van der Waals surface area contributed by atoms with E-state index >= 15 is 0 Å². The summed E-state index contributed by atoms with van der Waals surface area (Å²) >= 11 is 0. The molecule has 0 fully saturated rings. The van der Waals surface area contributed by atoms with Gasteiger partial charge in [0.25, 0.3) is 0 Å². The Morgan fingerprint density at radius 2 is 0.915 bits per heavy atom. The Kier molecular flexibility index (Phi) is 14.0. The van der Waals surface area contributed by atoms with Crippen LogP contribution in [0, 0.1) is 0 Å². The Balaban J connectivity index is 1.13. The number of hydrogen-bond acceptors (Lipinski definition) is 9. The highest BCUT2D eigenvalue weighted by Crippen LogP contribution is 2.31. The minimum Gasteiger partial charge on any atom is -0.493 e. The van der Waals surface area contributed by atoms with Gasteiger partial charge in [-0.25, -0.2) is 0 Å². The van der Waals surface area contributed by atoms with Gasteiger partial charge in [0.05, 0.1) is 53.9 Å². The van der Waals surface area contributed by atoms with Crippen molar-refractivity contribution < 1.29 is 43.4 Å². The molecule has 4 aromatic carbocycles. The van der Waals surface area contributed by atoms with Crippen LogP contribution in [0.15, 0.2) is 84.9 Å². The normalized spacial score (nSPS) is 12.2. The van der Waals surface area contributed by atoms with E-state index in [2.05, 4.69) is 0 Å². The molecule has 2 N–H and O–H groups in total. The third kappa shape index (κ3) is 10.8. The van der Waals surface area contributed by atoms with Crippen molar-refractivity contribution in [2.24, 2.45) is 0 Å². The molecular formula is C38H46O9. The van der Waals surface area contributed by atoms with Crippen molar-refractivity contribution in [3.8, 4) is 34.5 Å². The van der Waals surface area contributed by atoms with E-state index in [4.69, 9.17) is 33.2 Å². The first kappa shape index (κ1) is 35.4. The third-order valence-corrected chi connectivity index (χ3v) is 7.79. The van der Waals surface area contributed by atoms with Crippen LogP contribution >= 0.6 is 0 Å². The van der Waals surface area contributed by atoms with Crippen molar-refractivity contribution in [3.63, 3.8) is 0 Å². The number of rotatable bonds is 20. The molecule has 0 aromatic heterocycles. The summed E-state index contributed by atoms with van der Waals surface area (Å²) in [7, 11) is 6.44. The number of ether oxygens (including phenoxy) is 7. The largest absolute Gasteiger partial charge is 0.493 e. The predicted octanol–water partition coefficient (Wildman–Crippen LogP) is 6.53. The average molecular weight is 647 g/mol. The van der Waals surface area contributed by atoms with E-state index in [1.165, 1.54) is 0 Å². The Labute approximate surface area is 277 Å². The molecule has 0 saturated heterocycles. The van der Waals surface area contributed by atoms with E-state index in [1.54, 1.807) is 28.4 Å². The first-order chi connectivity index (χ1) is 22.9. The van der Waals surface area contributed by atoms with Crippen LogP contribution in [0.1, 0.15) is 47.3 Å². The molecule has 0 bridgehead atoms. The summed E-state index contributed by atoms with van der Waals surface area (Å²) in [5.74, 6) is 4.06. The van der Waals surface area contributed by atoms with Crippen molar-refractivity contribution in [3.05, 3.63) is 107 Å². The van der Waals surface area contributed by atoms with Gasteiger partial charge in [0.1, 0.15) is 24.7 Å². The lowest BCUT2D eigenvalue weighted by Gasteiger charge is -2.15. The van der Waals surface area contributed by atoms with Crippen molar-refractivity contribution in [1.29, 1.82) is 0 Å². The summed E-state index contributed by atoms with van der Waals surface area (Å²) in [5, 5.41) is 21.6. The molecule has 252 valence electrons. The monoisotopic (exact) mass is 646 g/mol. The van der Waals surface area contributed by atoms with Gasteiger partial charge in [0.2, 0.25) is 0 Å². The van der Waals surface area contributed by atoms with Gasteiger partial charge in [-0.05, 0) is 96.5 Å². The van der Waals surface area contributed by atoms with Crippen molar-refractivity contribution in [2.75, 3.05) is 54.9 Å². The minimum atomic E-state index is -0.628. The maximum atomic E-state index is 10.8. The maximum absolute atomic E-state index is 10.8. The third-order valence-electron chi connectivity index (χ3n) is 7.79. The zero-order chi connectivity index (χ0) is 33.4. The maximum Gasteiger partial charge on any atom is 0.160 e. The molecule has 0 amide bonds. The Hall–Kier alpha value is -4.44. The van der Waals surface area contributed by atoms with Gasteiger partial charge in [-0.15, -0.1) is 0 Å². The van der Waals surface area contributed by atoms with Crippen LogP contribution in [0.3, 0.4) is 0 Å². The standard InChI is InChI=1S/C38H46O9/c1-41-35-17-13-27(23-37(35)43-3)11-15-33(39)29-7-5-9-31(25-29)46-21-19-45-20-22-47-32-10-6-8-30(26-32)34(40)16-12-28-14-18-36(42-2)38(24-28)44-4/h5-10,13-14,17-18,23-26,33-34,39-40H,11-12,15-16,19-22H2,1-4H3/t33-,34?/m1/s1. The van der Waals surface area contributed by atoms with Crippen molar-refractivity contribution in [1.82, 2.24) is 0 Å². The highest BCUT2D eigenvalue weighted by Gasteiger charge is 2.13. The molecule has 0 aliphatic carbocycles. The quantitative estimate of drug-likeness (QED) is 0.104. The molecule has 0 aliphatic rings. The van der Waals surface area contributed by atoms with Crippen LogP contribution in [0.5, 0.6) is 34.5 Å². The topological polar surface area (TPSA) is 105 Å². The van der Waals surface area contributed by atoms with E-state index < -0.39 is 12.2 Å². The van der Waals surface area contributed by atoms with Gasteiger partial charge in [0, 0.05) is 0 Å². The smallest absolute Gasteiger partial charge is 0.160 e. The zero-order valence-corrected chi connectivity index (χ0v) is 27.6. The predicted molar refractivity (Wildman–Crippen MR) is 180 cm³/mol. The van der Waals surface area contributed by atoms with Crippen molar-refractivity contribution in [2.45, 2.75) is 37.9 Å². The van der Waals surface area contributed by atoms with E-state index in [9.17, 15) is 10.2 Å². The van der Waals surface area contributed by atoms with Gasteiger partial charge in [0.15, 0.2) is 23.0 Å². The Morgan fingerprint density at radius 1 is 0.489 bits per heavy atom. The average Bonchev–Trinajstić information content (AvgIpc) is 3.12. The zero-order valence-electron chi connectivity index (χ0n) is 27.6. The Morgan fingerprint density at radius 3 is 1.32 bits per heavy atom. The van der Waals surface area contributed by atoms with Gasteiger partial charge < -0.3 is 43.4 Å². The van der Waals surface area contributed by atoms with Crippen molar-refractivity contribution >= 4 is 0 Å². The number of methoxy groups -OCH3 is 4. The van der Waals surface area contributed by atoms with Crippen LogP contribution in [0.2, 0.25) is 0 Å².